The van der Waals surface area contributed by atoms with E-state index in [-0.39, 0.29) is 5.25 Å². The molecule has 1 atom stereocenters. The van der Waals surface area contributed by atoms with Crippen LogP contribution in [0.15, 0.2) is 57.8 Å². The summed E-state index contributed by atoms with van der Waals surface area (Å²) in [5.74, 6) is 0.525. The van der Waals surface area contributed by atoms with Gasteiger partial charge in [0.1, 0.15) is 0 Å². The zero-order chi connectivity index (χ0) is 17.8. The maximum atomic E-state index is 11.7. The summed E-state index contributed by atoms with van der Waals surface area (Å²) in [4.78, 5) is 12.6. The van der Waals surface area contributed by atoms with E-state index in [0.29, 0.717) is 22.4 Å². The first-order valence-electron chi connectivity index (χ1n) is 7.52. The first-order valence-corrected chi connectivity index (χ1v) is 8.77. The van der Waals surface area contributed by atoms with Crippen molar-refractivity contribution in [2.75, 3.05) is 7.11 Å². The maximum absolute atomic E-state index is 11.7. The molecule has 1 aromatic heterocycles. The number of aromatic nitrogens is 2. The van der Waals surface area contributed by atoms with Gasteiger partial charge < -0.3 is 9.15 Å². The Morgan fingerprint density at radius 2 is 1.96 bits per heavy atom. The molecule has 0 N–H and O–H groups in total. The first-order chi connectivity index (χ1) is 12.1. The van der Waals surface area contributed by atoms with E-state index < -0.39 is 5.97 Å². The SMILES string of the molecule is COC(=O)c1cc(SC(C)c2nnc(-c3ccccc3)o2)ccc1Cl. The van der Waals surface area contributed by atoms with Crippen LogP contribution >= 0.6 is 23.4 Å². The summed E-state index contributed by atoms with van der Waals surface area (Å²) in [6.45, 7) is 1.96. The molecule has 1 unspecified atom stereocenters. The summed E-state index contributed by atoms with van der Waals surface area (Å²) in [6.07, 6.45) is 0. The van der Waals surface area contributed by atoms with Gasteiger partial charge in [0.25, 0.3) is 0 Å². The number of halogens is 1. The van der Waals surface area contributed by atoms with Gasteiger partial charge in [-0.25, -0.2) is 4.79 Å². The number of nitrogens with zero attached hydrogens (tertiary/aromatic N) is 2. The lowest BCUT2D eigenvalue weighted by Gasteiger charge is -2.09. The molecule has 128 valence electrons. The van der Waals surface area contributed by atoms with E-state index in [0.717, 1.165) is 10.5 Å². The van der Waals surface area contributed by atoms with Crippen molar-refractivity contribution in [2.45, 2.75) is 17.1 Å². The van der Waals surface area contributed by atoms with E-state index >= 15 is 0 Å². The van der Waals surface area contributed by atoms with Crippen molar-refractivity contribution in [3.63, 3.8) is 0 Å². The Balaban J connectivity index is 1.78. The van der Waals surface area contributed by atoms with Gasteiger partial charge >= 0.3 is 5.97 Å². The Morgan fingerprint density at radius 3 is 2.68 bits per heavy atom. The van der Waals surface area contributed by atoms with Gasteiger partial charge in [-0.3, -0.25) is 0 Å². The van der Waals surface area contributed by atoms with Gasteiger partial charge in [0, 0.05) is 10.5 Å². The van der Waals surface area contributed by atoms with Gasteiger partial charge in [-0.1, -0.05) is 29.8 Å². The van der Waals surface area contributed by atoms with Crippen LogP contribution in [0.2, 0.25) is 5.02 Å². The number of esters is 1. The Labute approximate surface area is 154 Å². The number of thioether (sulfide) groups is 1. The van der Waals surface area contributed by atoms with Crippen LogP contribution in [0, 0.1) is 0 Å². The van der Waals surface area contributed by atoms with Crippen LogP contribution in [0.1, 0.15) is 28.4 Å². The Hall–Kier alpha value is -2.31. The number of hydrogen-bond acceptors (Lipinski definition) is 6. The molecule has 2 aromatic carbocycles. The highest BCUT2D eigenvalue weighted by molar-refractivity contribution is 7.99. The smallest absolute Gasteiger partial charge is 0.339 e. The first kappa shape index (κ1) is 17.5. The second-order valence-corrected chi connectivity index (χ2v) is 7.03. The lowest BCUT2D eigenvalue weighted by atomic mass is 10.2. The van der Waals surface area contributed by atoms with Crippen LogP contribution in [0.4, 0.5) is 0 Å². The predicted octanol–water partition coefficient (Wildman–Crippen LogP) is 5.03. The summed E-state index contributed by atoms with van der Waals surface area (Å²) in [5.41, 5.74) is 1.20. The van der Waals surface area contributed by atoms with Gasteiger partial charge in [0.2, 0.25) is 11.8 Å². The highest BCUT2D eigenvalue weighted by atomic mass is 35.5. The second-order valence-electron chi connectivity index (χ2n) is 5.20. The molecule has 0 radical (unpaired) electrons. The summed E-state index contributed by atoms with van der Waals surface area (Å²) < 4.78 is 10.5. The van der Waals surface area contributed by atoms with Crippen LogP contribution in [0.25, 0.3) is 11.5 Å². The Morgan fingerprint density at radius 1 is 1.20 bits per heavy atom. The number of carbonyl (C=O) groups excluding carboxylic acids is 1. The molecule has 0 spiro atoms. The molecule has 0 aliphatic heterocycles. The maximum Gasteiger partial charge on any atom is 0.339 e. The molecule has 7 heteroatoms. The number of benzene rings is 2. The minimum atomic E-state index is -0.468. The average molecular weight is 375 g/mol. The molecular formula is C18H15ClN2O3S. The minimum absolute atomic E-state index is 0.0864. The molecule has 25 heavy (non-hydrogen) atoms. The second kappa shape index (κ2) is 7.72. The third-order valence-electron chi connectivity index (χ3n) is 3.47. The Kier molecular flexibility index (Phi) is 5.40. The van der Waals surface area contributed by atoms with Gasteiger partial charge in [-0.15, -0.1) is 22.0 Å². The number of ether oxygens (including phenoxy) is 1. The topological polar surface area (TPSA) is 65.2 Å². The fourth-order valence-electron chi connectivity index (χ4n) is 2.19. The van der Waals surface area contributed by atoms with Gasteiger partial charge in [0.05, 0.1) is 22.9 Å². The lowest BCUT2D eigenvalue weighted by Crippen LogP contribution is -2.02. The molecule has 0 bridgehead atoms. The van der Waals surface area contributed by atoms with E-state index in [1.54, 1.807) is 12.1 Å². The van der Waals surface area contributed by atoms with E-state index in [1.807, 2.05) is 43.3 Å². The molecule has 5 nitrogen and oxygen atoms in total. The van der Waals surface area contributed by atoms with Crippen LogP contribution in [0.5, 0.6) is 0 Å². The van der Waals surface area contributed by atoms with Crippen molar-refractivity contribution < 1.29 is 13.9 Å². The fraction of sp³-hybridized carbons (Fsp3) is 0.167. The normalized spacial score (nSPS) is 12.0. The summed E-state index contributed by atoms with van der Waals surface area (Å²) in [6, 6.07) is 14.8. The minimum Gasteiger partial charge on any atom is -0.465 e. The van der Waals surface area contributed by atoms with E-state index in [2.05, 4.69) is 10.2 Å². The van der Waals surface area contributed by atoms with E-state index in [4.69, 9.17) is 20.8 Å². The van der Waals surface area contributed by atoms with Gasteiger partial charge in [-0.2, -0.15) is 0 Å². The van der Waals surface area contributed by atoms with Crippen molar-refractivity contribution in [1.29, 1.82) is 0 Å². The van der Waals surface area contributed by atoms with Crippen molar-refractivity contribution in [3.8, 4) is 11.5 Å². The standard InChI is InChI=1S/C18H15ClN2O3S/c1-11(16-20-21-17(24-16)12-6-4-3-5-7-12)25-13-8-9-15(19)14(10-13)18(22)23-2/h3-11H,1-2H3. The molecule has 0 amide bonds. The van der Waals surface area contributed by atoms with Crippen LogP contribution in [0.3, 0.4) is 0 Å². The number of methoxy groups -OCH3 is 1. The largest absolute Gasteiger partial charge is 0.465 e. The molecule has 3 rings (SSSR count). The number of carbonyl (C=O) groups is 1. The quantitative estimate of drug-likeness (QED) is 0.461. The molecule has 0 saturated heterocycles. The third-order valence-corrected chi connectivity index (χ3v) is 4.88. The Bertz CT molecular complexity index is 883. The number of hydrogen-bond donors (Lipinski definition) is 0. The van der Waals surface area contributed by atoms with E-state index in [1.165, 1.54) is 18.9 Å². The summed E-state index contributed by atoms with van der Waals surface area (Å²) >= 11 is 7.54. The molecule has 1 heterocycles. The van der Waals surface area contributed by atoms with Crippen molar-refractivity contribution in [1.82, 2.24) is 10.2 Å². The fourth-order valence-corrected chi connectivity index (χ4v) is 3.33. The zero-order valence-corrected chi connectivity index (χ0v) is 15.2. The summed E-state index contributed by atoms with van der Waals surface area (Å²) in [7, 11) is 1.32. The molecule has 0 aliphatic carbocycles. The highest BCUT2D eigenvalue weighted by Gasteiger charge is 2.18. The van der Waals surface area contributed by atoms with Crippen molar-refractivity contribution >= 4 is 29.3 Å². The summed E-state index contributed by atoms with van der Waals surface area (Å²) in [5, 5.41) is 8.49. The third kappa shape index (κ3) is 4.03. The van der Waals surface area contributed by atoms with E-state index in [9.17, 15) is 4.79 Å². The lowest BCUT2D eigenvalue weighted by molar-refractivity contribution is 0.0600. The molecule has 0 aliphatic rings. The molecule has 0 saturated carbocycles. The van der Waals surface area contributed by atoms with Crippen LogP contribution in [-0.4, -0.2) is 23.3 Å². The van der Waals surface area contributed by atoms with Gasteiger partial charge in [-0.05, 0) is 37.3 Å². The van der Waals surface area contributed by atoms with Crippen LogP contribution < -0.4 is 0 Å². The number of rotatable bonds is 5. The predicted molar refractivity (Wildman–Crippen MR) is 96.8 cm³/mol. The zero-order valence-electron chi connectivity index (χ0n) is 13.6. The molecule has 3 aromatic rings. The van der Waals surface area contributed by atoms with Crippen molar-refractivity contribution in [2.24, 2.45) is 0 Å². The highest BCUT2D eigenvalue weighted by Crippen LogP contribution is 2.36. The monoisotopic (exact) mass is 374 g/mol. The van der Waals surface area contributed by atoms with Gasteiger partial charge in [0.15, 0.2) is 0 Å². The van der Waals surface area contributed by atoms with Crippen molar-refractivity contribution in [3.05, 3.63) is 65.0 Å². The molecular weight excluding hydrogens is 360 g/mol. The average Bonchev–Trinajstić information content (AvgIpc) is 3.14. The molecule has 0 fully saturated rings. The van der Waals surface area contributed by atoms with Crippen LogP contribution in [-0.2, 0) is 4.74 Å².